The van der Waals surface area contributed by atoms with E-state index in [0.29, 0.717) is 42.1 Å². The molecule has 0 fully saturated rings. The summed E-state index contributed by atoms with van der Waals surface area (Å²) in [4.78, 5) is 21.9. The van der Waals surface area contributed by atoms with Crippen LogP contribution >= 0.6 is 0 Å². The Balaban J connectivity index is 3.28. The maximum Gasteiger partial charge on any atom is 0.222 e. The molecule has 2 N–H and O–H groups in total. The summed E-state index contributed by atoms with van der Waals surface area (Å²) in [6.07, 6.45) is 0.725. The van der Waals surface area contributed by atoms with Gasteiger partial charge in [0.15, 0.2) is 0 Å². The molecule has 0 bridgehead atoms. The van der Waals surface area contributed by atoms with Crippen LogP contribution in [-0.4, -0.2) is 25.4 Å². The highest BCUT2D eigenvalue weighted by atomic mass is 16.5. The normalized spacial score (nSPS) is 9.89. The molecule has 0 saturated carbocycles. The van der Waals surface area contributed by atoms with Gasteiger partial charge >= 0.3 is 0 Å². The molecule has 0 aromatic heterocycles. The predicted octanol–water partition coefficient (Wildman–Crippen LogP) is 1.32. The Labute approximate surface area is 106 Å². The van der Waals surface area contributed by atoms with Crippen molar-refractivity contribution in [1.82, 2.24) is 0 Å². The summed E-state index contributed by atoms with van der Waals surface area (Å²) in [6.45, 7) is 4.50. The molecule has 98 valence electrons. The first-order chi connectivity index (χ1) is 8.62. The molecule has 0 spiro atoms. The standard InChI is InChI=1S/C13H17NO4/c1-3-17-11-5-9(8-15)6-12(18-4-2)10(11)7-13(14)16/h5-6,8H,3-4,7H2,1-2H3,(H2,14,16). The monoisotopic (exact) mass is 251 g/mol. The third-order valence-corrected chi connectivity index (χ3v) is 2.28. The van der Waals surface area contributed by atoms with Gasteiger partial charge in [-0.05, 0) is 26.0 Å². The van der Waals surface area contributed by atoms with E-state index in [-0.39, 0.29) is 6.42 Å². The second kappa shape index (κ2) is 6.64. The Morgan fingerprint density at radius 3 is 2.06 bits per heavy atom. The van der Waals surface area contributed by atoms with Crippen molar-refractivity contribution in [1.29, 1.82) is 0 Å². The molecule has 18 heavy (non-hydrogen) atoms. The lowest BCUT2D eigenvalue weighted by Crippen LogP contribution is -2.16. The number of benzene rings is 1. The Morgan fingerprint density at radius 1 is 1.22 bits per heavy atom. The molecule has 0 aliphatic rings. The van der Waals surface area contributed by atoms with Crippen molar-refractivity contribution in [3.05, 3.63) is 23.3 Å². The average Bonchev–Trinajstić information content (AvgIpc) is 2.33. The van der Waals surface area contributed by atoms with E-state index in [9.17, 15) is 9.59 Å². The average molecular weight is 251 g/mol. The maximum absolute atomic E-state index is 11.1. The Morgan fingerprint density at radius 2 is 1.72 bits per heavy atom. The number of rotatable bonds is 7. The van der Waals surface area contributed by atoms with E-state index in [1.54, 1.807) is 12.1 Å². The first-order valence-corrected chi connectivity index (χ1v) is 5.78. The number of hydrogen-bond acceptors (Lipinski definition) is 4. The number of ether oxygens (including phenoxy) is 2. The summed E-state index contributed by atoms with van der Waals surface area (Å²) in [5.41, 5.74) is 6.23. The van der Waals surface area contributed by atoms with Crippen molar-refractivity contribution in [2.45, 2.75) is 20.3 Å². The van der Waals surface area contributed by atoms with Crippen LogP contribution in [0.4, 0.5) is 0 Å². The van der Waals surface area contributed by atoms with E-state index in [0.717, 1.165) is 0 Å². The van der Waals surface area contributed by atoms with Crippen molar-refractivity contribution in [2.75, 3.05) is 13.2 Å². The molecule has 0 heterocycles. The zero-order valence-electron chi connectivity index (χ0n) is 10.6. The van der Waals surface area contributed by atoms with Gasteiger partial charge < -0.3 is 15.2 Å². The van der Waals surface area contributed by atoms with Crippen LogP contribution in [0.1, 0.15) is 29.8 Å². The van der Waals surface area contributed by atoms with Crippen LogP contribution in [0.3, 0.4) is 0 Å². The third kappa shape index (κ3) is 3.48. The summed E-state index contributed by atoms with van der Waals surface area (Å²) in [5, 5.41) is 0. The number of carbonyl (C=O) groups excluding carboxylic acids is 2. The van der Waals surface area contributed by atoms with E-state index in [2.05, 4.69) is 0 Å². The summed E-state index contributed by atoms with van der Waals surface area (Å²) in [5.74, 6) is 0.449. The number of nitrogens with two attached hydrogens (primary N) is 1. The van der Waals surface area contributed by atoms with Crippen molar-refractivity contribution < 1.29 is 19.1 Å². The van der Waals surface area contributed by atoms with Crippen LogP contribution < -0.4 is 15.2 Å². The lowest BCUT2D eigenvalue weighted by Gasteiger charge is -2.15. The maximum atomic E-state index is 11.1. The highest BCUT2D eigenvalue weighted by Crippen LogP contribution is 2.31. The first-order valence-electron chi connectivity index (χ1n) is 5.78. The van der Waals surface area contributed by atoms with Crippen molar-refractivity contribution >= 4 is 12.2 Å². The lowest BCUT2D eigenvalue weighted by molar-refractivity contribution is -0.117. The van der Waals surface area contributed by atoms with Crippen LogP contribution in [0.2, 0.25) is 0 Å². The van der Waals surface area contributed by atoms with Gasteiger partial charge in [0, 0.05) is 11.1 Å². The molecular weight excluding hydrogens is 234 g/mol. The van der Waals surface area contributed by atoms with Gasteiger partial charge in [-0.3, -0.25) is 9.59 Å². The van der Waals surface area contributed by atoms with Gasteiger partial charge in [-0.25, -0.2) is 0 Å². The molecule has 5 nitrogen and oxygen atoms in total. The van der Waals surface area contributed by atoms with E-state index in [1.807, 2.05) is 13.8 Å². The number of aldehydes is 1. The minimum Gasteiger partial charge on any atom is -0.493 e. The van der Waals surface area contributed by atoms with E-state index in [4.69, 9.17) is 15.2 Å². The fraction of sp³-hybridized carbons (Fsp3) is 0.385. The first kappa shape index (κ1) is 14.0. The zero-order chi connectivity index (χ0) is 13.5. The molecule has 5 heteroatoms. The minimum absolute atomic E-state index is 0.0177. The van der Waals surface area contributed by atoms with Crippen LogP contribution in [0.5, 0.6) is 11.5 Å². The van der Waals surface area contributed by atoms with E-state index >= 15 is 0 Å². The molecule has 0 aliphatic carbocycles. The lowest BCUT2D eigenvalue weighted by atomic mass is 10.1. The molecule has 0 unspecified atom stereocenters. The van der Waals surface area contributed by atoms with Crippen molar-refractivity contribution in [3.8, 4) is 11.5 Å². The highest BCUT2D eigenvalue weighted by Gasteiger charge is 2.15. The molecule has 1 aromatic rings. The van der Waals surface area contributed by atoms with Gasteiger partial charge in [-0.1, -0.05) is 0 Å². The fourth-order valence-electron chi connectivity index (χ4n) is 1.63. The van der Waals surface area contributed by atoms with Crippen molar-refractivity contribution in [2.24, 2.45) is 5.73 Å². The molecule has 1 amide bonds. The molecule has 1 aromatic carbocycles. The number of carbonyl (C=O) groups is 2. The summed E-state index contributed by atoms with van der Waals surface area (Å²) in [6, 6.07) is 3.16. The predicted molar refractivity (Wildman–Crippen MR) is 67.1 cm³/mol. The van der Waals surface area contributed by atoms with Gasteiger partial charge in [0.25, 0.3) is 0 Å². The fourth-order valence-corrected chi connectivity index (χ4v) is 1.63. The molecular formula is C13H17NO4. The Kier molecular flexibility index (Phi) is 5.17. The van der Waals surface area contributed by atoms with E-state index in [1.165, 1.54) is 0 Å². The largest absolute Gasteiger partial charge is 0.493 e. The van der Waals surface area contributed by atoms with E-state index < -0.39 is 5.91 Å². The minimum atomic E-state index is -0.476. The van der Waals surface area contributed by atoms with Gasteiger partial charge in [-0.15, -0.1) is 0 Å². The van der Waals surface area contributed by atoms with Gasteiger partial charge in [0.2, 0.25) is 5.91 Å². The second-order valence-corrected chi connectivity index (χ2v) is 3.62. The Hall–Kier alpha value is -2.04. The summed E-state index contributed by atoms with van der Waals surface area (Å²) >= 11 is 0. The Bertz CT molecular complexity index is 416. The molecule has 1 rings (SSSR count). The van der Waals surface area contributed by atoms with Crippen LogP contribution in [-0.2, 0) is 11.2 Å². The molecule has 0 saturated heterocycles. The van der Waals surface area contributed by atoms with Crippen LogP contribution in [0.15, 0.2) is 12.1 Å². The summed E-state index contributed by atoms with van der Waals surface area (Å²) in [7, 11) is 0. The number of amides is 1. The van der Waals surface area contributed by atoms with Gasteiger partial charge in [0.1, 0.15) is 17.8 Å². The zero-order valence-corrected chi connectivity index (χ0v) is 10.6. The second-order valence-electron chi connectivity index (χ2n) is 3.62. The third-order valence-electron chi connectivity index (χ3n) is 2.28. The van der Waals surface area contributed by atoms with Crippen LogP contribution in [0, 0.1) is 0 Å². The molecule has 0 radical (unpaired) electrons. The molecule has 0 aliphatic heterocycles. The van der Waals surface area contributed by atoms with Crippen molar-refractivity contribution in [3.63, 3.8) is 0 Å². The number of primary amides is 1. The highest BCUT2D eigenvalue weighted by molar-refractivity contribution is 5.81. The smallest absolute Gasteiger partial charge is 0.222 e. The molecule has 0 atom stereocenters. The van der Waals surface area contributed by atoms with Crippen LogP contribution in [0.25, 0.3) is 0 Å². The SMILES string of the molecule is CCOc1cc(C=O)cc(OCC)c1CC(N)=O. The number of hydrogen-bond donors (Lipinski definition) is 1. The quantitative estimate of drug-likeness (QED) is 0.741. The van der Waals surface area contributed by atoms with Gasteiger partial charge in [-0.2, -0.15) is 0 Å². The van der Waals surface area contributed by atoms with Gasteiger partial charge in [0.05, 0.1) is 19.6 Å². The summed E-state index contributed by atoms with van der Waals surface area (Å²) < 4.78 is 10.8. The topological polar surface area (TPSA) is 78.6 Å².